The van der Waals surface area contributed by atoms with Gasteiger partial charge in [0, 0.05) is 5.56 Å². The second-order valence-electron chi connectivity index (χ2n) is 6.89. The number of benzene rings is 1. The van der Waals surface area contributed by atoms with Crippen LogP contribution in [0.1, 0.15) is 36.7 Å². The van der Waals surface area contributed by atoms with E-state index in [1.54, 1.807) is 37.3 Å². The fourth-order valence-corrected chi connectivity index (χ4v) is 3.42. The van der Waals surface area contributed by atoms with E-state index in [0.717, 1.165) is 35.4 Å². The zero-order chi connectivity index (χ0) is 20.8. The predicted molar refractivity (Wildman–Crippen MR) is 111 cm³/mol. The Morgan fingerprint density at radius 2 is 2.10 bits per heavy atom. The molecule has 0 saturated heterocycles. The van der Waals surface area contributed by atoms with Crippen molar-refractivity contribution in [1.29, 1.82) is 0 Å². The maximum absolute atomic E-state index is 13.6. The van der Waals surface area contributed by atoms with Gasteiger partial charge < -0.3 is 5.32 Å². The molecule has 0 radical (unpaired) electrons. The normalized spacial score (nSPS) is 14.0. The zero-order valence-corrected chi connectivity index (χ0v) is 16.5. The van der Waals surface area contributed by atoms with Crippen LogP contribution in [-0.4, -0.2) is 15.9 Å². The molecule has 1 aromatic carbocycles. The summed E-state index contributed by atoms with van der Waals surface area (Å²) in [6, 6.07) is 4.73. The maximum Gasteiger partial charge on any atom is 0.229 e. The minimum Gasteiger partial charge on any atom is -0.309 e. The van der Waals surface area contributed by atoms with Crippen LogP contribution in [0, 0.1) is 12.7 Å². The number of anilines is 1. The SMILES string of the molecule is C\C=C/C(=C\C=C\F)CC(=O)Nc1nc2c(nc1C)-c1ccc(F)cc1CCC2. The van der Waals surface area contributed by atoms with E-state index in [1.807, 2.05) is 6.92 Å². The number of halogens is 2. The van der Waals surface area contributed by atoms with E-state index in [-0.39, 0.29) is 18.1 Å². The molecule has 0 aliphatic heterocycles. The molecule has 1 amide bonds. The van der Waals surface area contributed by atoms with Crippen molar-refractivity contribution in [2.24, 2.45) is 0 Å². The average molecular weight is 395 g/mol. The van der Waals surface area contributed by atoms with E-state index in [1.165, 1.54) is 12.1 Å². The molecular weight excluding hydrogens is 372 g/mol. The Hall–Kier alpha value is -3.15. The van der Waals surface area contributed by atoms with Gasteiger partial charge in [-0.2, -0.15) is 0 Å². The van der Waals surface area contributed by atoms with Gasteiger partial charge in [0.15, 0.2) is 5.82 Å². The summed E-state index contributed by atoms with van der Waals surface area (Å²) in [6.07, 6.45) is 9.14. The highest BCUT2D eigenvalue weighted by Crippen LogP contribution is 2.32. The van der Waals surface area contributed by atoms with Crippen LogP contribution in [0.5, 0.6) is 0 Å². The van der Waals surface area contributed by atoms with Gasteiger partial charge in [0.2, 0.25) is 5.91 Å². The topological polar surface area (TPSA) is 54.9 Å². The summed E-state index contributed by atoms with van der Waals surface area (Å²) in [4.78, 5) is 21.8. The van der Waals surface area contributed by atoms with Gasteiger partial charge in [-0.25, -0.2) is 18.7 Å². The molecule has 2 aromatic rings. The van der Waals surface area contributed by atoms with Gasteiger partial charge in [0.1, 0.15) is 5.82 Å². The van der Waals surface area contributed by atoms with Crippen LogP contribution in [0.2, 0.25) is 0 Å². The summed E-state index contributed by atoms with van der Waals surface area (Å²) in [5.41, 5.74) is 4.63. The predicted octanol–water partition coefficient (Wildman–Crippen LogP) is 5.39. The van der Waals surface area contributed by atoms with Crippen LogP contribution in [-0.2, 0) is 17.6 Å². The van der Waals surface area contributed by atoms with Gasteiger partial charge >= 0.3 is 0 Å². The van der Waals surface area contributed by atoms with E-state index in [0.29, 0.717) is 29.8 Å². The highest BCUT2D eigenvalue weighted by Gasteiger charge is 2.20. The van der Waals surface area contributed by atoms with E-state index < -0.39 is 0 Å². The molecule has 0 saturated carbocycles. The lowest BCUT2D eigenvalue weighted by molar-refractivity contribution is -0.115. The Morgan fingerprint density at radius 3 is 2.86 bits per heavy atom. The molecular formula is C23H23F2N3O. The van der Waals surface area contributed by atoms with Crippen molar-refractivity contribution in [2.45, 2.75) is 39.5 Å². The van der Waals surface area contributed by atoms with Crippen LogP contribution in [0.4, 0.5) is 14.6 Å². The van der Waals surface area contributed by atoms with Gasteiger partial charge in [-0.15, -0.1) is 0 Å². The standard InChI is InChI=1S/C23H23F2N3O/c1-3-6-16(7-5-12-24)13-21(29)28-23-15(2)26-22-19-11-10-18(25)14-17(19)8-4-9-20(22)27-23/h3,5-7,10-12,14H,4,8-9,13H2,1-2H3,(H,27,28,29)/b6-3-,12-5+,16-7+. The Labute approximate surface area is 169 Å². The summed E-state index contributed by atoms with van der Waals surface area (Å²) < 4.78 is 25.9. The third-order valence-corrected chi connectivity index (χ3v) is 4.71. The first-order chi connectivity index (χ1) is 14.0. The fourth-order valence-electron chi connectivity index (χ4n) is 3.42. The first-order valence-electron chi connectivity index (χ1n) is 9.56. The Morgan fingerprint density at radius 1 is 1.28 bits per heavy atom. The highest BCUT2D eigenvalue weighted by molar-refractivity contribution is 5.92. The van der Waals surface area contributed by atoms with Crippen molar-refractivity contribution in [3.63, 3.8) is 0 Å². The summed E-state index contributed by atoms with van der Waals surface area (Å²) in [6.45, 7) is 3.61. The van der Waals surface area contributed by atoms with Crippen molar-refractivity contribution in [3.8, 4) is 11.3 Å². The van der Waals surface area contributed by atoms with E-state index in [9.17, 15) is 13.6 Å². The molecule has 1 aromatic heterocycles. The van der Waals surface area contributed by atoms with Gasteiger partial charge in [-0.05, 0) is 68.5 Å². The number of fused-ring (bicyclic) bond motifs is 3. The number of rotatable bonds is 5. The van der Waals surface area contributed by atoms with Crippen LogP contribution < -0.4 is 5.32 Å². The second-order valence-corrected chi connectivity index (χ2v) is 6.89. The van der Waals surface area contributed by atoms with E-state index in [4.69, 9.17) is 0 Å². The minimum absolute atomic E-state index is 0.0923. The molecule has 1 N–H and O–H groups in total. The first-order valence-corrected chi connectivity index (χ1v) is 9.56. The van der Waals surface area contributed by atoms with Crippen molar-refractivity contribution in [1.82, 2.24) is 9.97 Å². The smallest absolute Gasteiger partial charge is 0.229 e. The van der Waals surface area contributed by atoms with E-state index >= 15 is 0 Å². The third kappa shape index (κ3) is 5.02. The van der Waals surface area contributed by atoms with Crippen LogP contribution in [0.3, 0.4) is 0 Å². The number of aromatic nitrogens is 2. The van der Waals surface area contributed by atoms with Gasteiger partial charge in [-0.3, -0.25) is 4.79 Å². The van der Waals surface area contributed by atoms with Crippen molar-refractivity contribution in [2.75, 3.05) is 5.32 Å². The molecule has 29 heavy (non-hydrogen) atoms. The van der Waals surface area contributed by atoms with Crippen LogP contribution in [0.25, 0.3) is 11.3 Å². The monoisotopic (exact) mass is 395 g/mol. The molecule has 1 aliphatic rings. The van der Waals surface area contributed by atoms with Crippen LogP contribution >= 0.6 is 0 Å². The summed E-state index contributed by atoms with van der Waals surface area (Å²) in [7, 11) is 0. The van der Waals surface area contributed by atoms with E-state index in [2.05, 4.69) is 15.3 Å². The number of nitrogens with one attached hydrogen (secondary N) is 1. The number of amides is 1. The average Bonchev–Trinajstić information content (AvgIpc) is 2.85. The third-order valence-electron chi connectivity index (χ3n) is 4.71. The Bertz CT molecular complexity index is 1010. The first kappa shape index (κ1) is 20.6. The molecule has 3 rings (SSSR count). The Balaban J connectivity index is 1.87. The number of nitrogens with zero attached hydrogens (tertiary/aromatic N) is 2. The van der Waals surface area contributed by atoms with Crippen LogP contribution in [0.15, 0.2) is 54.4 Å². The molecule has 0 fully saturated rings. The summed E-state index contributed by atoms with van der Waals surface area (Å²) in [5.74, 6) is -0.0939. The van der Waals surface area contributed by atoms with Gasteiger partial charge in [0.05, 0.1) is 29.8 Å². The number of allylic oxidation sites excluding steroid dienone is 4. The lowest BCUT2D eigenvalue weighted by Gasteiger charge is -2.13. The van der Waals surface area contributed by atoms with Crippen molar-refractivity contribution in [3.05, 3.63) is 77.2 Å². The maximum atomic E-state index is 13.6. The number of hydrogen-bond acceptors (Lipinski definition) is 3. The number of aryl methyl sites for hydroxylation is 3. The molecule has 0 atom stereocenters. The molecule has 0 unspecified atom stereocenters. The lowest BCUT2D eigenvalue weighted by Crippen LogP contribution is -2.16. The molecule has 6 heteroatoms. The molecule has 1 heterocycles. The molecule has 0 spiro atoms. The fraction of sp³-hybridized carbons (Fsp3) is 0.261. The summed E-state index contributed by atoms with van der Waals surface area (Å²) in [5, 5.41) is 2.81. The molecule has 0 bridgehead atoms. The number of hydrogen-bond donors (Lipinski definition) is 1. The Kier molecular flexibility index (Phi) is 6.65. The number of carbonyl (C=O) groups is 1. The van der Waals surface area contributed by atoms with Gasteiger partial charge in [0.25, 0.3) is 0 Å². The van der Waals surface area contributed by atoms with Crippen molar-refractivity contribution < 1.29 is 13.6 Å². The molecule has 150 valence electrons. The zero-order valence-electron chi connectivity index (χ0n) is 16.5. The number of carbonyl (C=O) groups excluding carboxylic acids is 1. The largest absolute Gasteiger partial charge is 0.309 e. The quantitative estimate of drug-likeness (QED) is 0.690. The molecule has 4 nitrogen and oxygen atoms in total. The minimum atomic E-state index is -0.256. The summed E-state index contributed by atoms with van der Waals surface area (Å²) >= 11 is 0. The van der Waals surface area contributed by atoms with Crippen molar-refractivity contribution >= 4 is 11.7 Å². The lowest BCUT2D eigenvalue weighted by atomic mass is 10.0. The van der Waals surface area contributed by atoms with Gasteiger partial charge in [-0.1, -0.05) is 18.2 Å². The second kappa shape index (κ2) is 9.37. The molecule has 1 aliphatic carbocycles. The highest BCUT2D eigenvalue weighted by atomic mass is 19.1.